The van der Waals surface area contributed by atoms with Crippen LogP contribution in [0.5, 0.6) is 5.75 Å². The zero-order valence-electron chi connectivity index (χ0n) is 15.4. The monoisotopic (exact) mass is 368 g/mol. The number of phenolic OH excluding ortho intramolecular Hbond substituents is 1. The highest BCUT2D eigenvalue weighted by molar-refractivity contribution is 5.87. The Balaban J connectivity index is 1.55. The molecule has 0 bridgehead atoms. The Bertz CT molecular complexity index is 841. The molecule has 1 amide bonds. The molecule has 0 aliphatic carbocycles. The lowest BCUT2D eigenvalue weighted by Gasteiger charge is -2.34. The molecule has 1 saturated heterocycles. The van der Waals surface area contributed by atoms with Crippen molar-refractivity contribution in [3.05, 3.63) is 36.0 Å². The van der Waals surface area contributed by atoms with E-state index in [-0.39, 0.29) is 11.8 Å². The van der Waals surface area contributed by atoms with Gasteiger partial charge in [0, 0.05) is 44.3 Å². The lowest BCUT2D eigenvalue weighted by Crippen LogP contribution is -2.49. The number of aromatic nitrogens is 1. The van der Waals surface area contributed by atoms with E-state index in [1.54, 1.807) is 24.1 Å². The van der Waals surface area contributed by atoms with Crippen LogP contribution in [0.2, 0.25) is 0 Å². The number of amides is 1. The summed E-state index contributed by atoms with van der Waals surface area (Å²) in [6.07, 6.45) is 6.12. The number of carbonyl (C=O) groups is 1. The van der Waals surface area contributed by atoms with Gasteiger partial charge in [-0.25, -0.2) is 4.79 Å². The number of carbonyl (C=O) groups excluding carboxylic acids is 1. The van der Waals surface area contributed by atoms with Crippen molar-refractivity contribution in [2.24, 2.45) is 0 Å². The summed E-state index contributed by atoms with van der Waals surface area (Å²) in [5, 5.41) is 13.8. The molecule has 1 aromatic heterocycles. The van der Waals surface area contributed by atoms with E-state index in [2.05, 4.69) is 21.1 Å². The number of hydrogen-bond donors (Lipinski definition) is 2. The molecule has 1 unspecified atom stereocenters. The van der Waals surface area contributed by atoms with Gasteiger partial charge in [0.1, 0.15) is 11.3 Å². The molecule has 0 radical (unpaired) electrons. The molecule has 1 aromatic carbocycles. The third-order valence-electron chi connectivity index (χ3n) is 4.63. The summed E-state index contributed by atoms with van der Waals surface area (Å²) in [7, 11) is 0. The van der Waals surface area contributed by atoms with Gasteiger partial charge in [0.15, 0.2) is 6.23 Å². The third-order valence-corrected chi connectivity index (χ3v) is 4.63. The zero-order chi connectivity index (χ0) is 19.2. The molecule has 1 atom stereocenters. The molecule has 1 aliphatic heterocycles. The Morgan fingerprint density at radius 3 is 2.89 bits per heavy atom. The number of nitrogens with one attached hydrogen (secondary N) is 1. The second kappa shape index (κ2) is 8.71. The number of terminal acetylenes is 1. The van der Waals surface area contributed by atoms with Gasteiger partial charge in [0.25, 0.3) is 0 Å². The lowest BCUT2D eigenvalue weighted by molar-refractivity contribution is 0.0413. The number of pyridine rings is 1. The van der Waals surface area contributed by atoms with Crippen molar-refractivity contribution < 1.29 is 14.6 Å². The number of aromatic hydroxyl groups is 1. The topological polar surface area (TPSA) is 77.9 Å². The van der Waals surface area contributed by atoms with Gasteiger partial charge in [-0.1, -0.05) is 18.1 Å². The third kappa shape index (κ3) is 4.67. The van der Waals surface area contributed by atoms with Crippen LogP contribution >= 0.6 is 0 Å². The maximum atomic E-state index is 12.2. The van der Waals surface area contributed by atoms with E-state index < -0.39 is 6.23 Å². The fourth-order valence-corrected chi connectivity index (χ4v) is 3.15. The smallest absolute Gasteiger partial charge is 0.411 e. The van der Waals surface area contributed by atoms with Crippen LogP contribution in [0.1, 0.15) is 12.5 Å². The molecule has 0 spiro atoms. The summed E-state index contributed by atoms with van der Waals surface area (Å²) < 4.78 is 5.34. The summed E-state index contributed by atoms with van der Waals surface area (Å²) >= 11 is 0. The Morgan fingerprint density at radius 1 is 1.37 bits per heavy atom. The van der Waals surface area contributed by atoms with Gasteiger partial charge in [-0.15, -0.1) is 6.42 Å². The van der Waals surface area contributed by atoms with Crippen molar-refractivity contribution in [2.75, 3.05) is 32.7 Å². The quantitative estimate of drug-likeness (QED) is 0.619. The molecule has 1 fully saturated rings. The minimum Gasteiger partial charge on any atom is -0.506 e. The molecule has 1 aliphatic rings. The van der Waals surface area contributed by atoms with E-state index in [4.69, 9.17) is 11.2 Å². The fraction of sp³-hybridized carbons (Fsp3) is 0.400. The van der Waals surface area contributed by atoms with Gasteiger partial charge in [0.2, 0.25) is 0 Å². The first-order valence-electron chi connectivity index (χ1n) is 8.99. The average Bonchev–Trinajstić information content (AvgIpc) is 2.69. The van der Waals surface area contributed by atoms with E-state index in [1.165, 1.54) is 0 Å². The normalized spacial score (nSPS) is 16.1. The maximum Gasteiger partial charge on any atom is 0.411 e. The number of fused-ring (bicyclic) bond motifs is 1. The van der Waals surface area contributed by atoms with Gasteiger partial charge < -0.3 is 14.7 Å². The largest absolute Gasteiger partial charge is 0.506 e. The maximum absolute atomic E-state index is 12.2. The van der Waals surface area contributed by atoms with Crippen molar-refractivity contribution in [1.29, 1.82) is 0 Å². The van der Waals surface area contributed by atoms with Gasteiger partial charge >= 0.3 is 6.09 Å². The van der Waals surface area contributed by atoms with Gasteiger partial charge in [-0.2, -0.15) is 0 Å². The molecular formula is C20H24N4O3. The highest BCUT2D eigenvalue weighted by atomic mass is 16.6. The van der Waals surface area contributed by atoms with Crippen molar-refractivity contribution in [3.63, 3.8) is 0 Å². The minimum absolute atomic E-state index is 0.189. The second-order valence-electron chi connectivity index (χ2n) is 6.52. The SMILES string of the molecule is C#CCNC(C)OC(=O)N1CCN(Cc2ccc(O)c3ncccc23)CC1. The molecule has 2 aromatic rings. The zero-order valence-corrected chi connectivity index (χ0v) is 15.4. The first-order valence-corrected chi connectivity index (χ1v) is 8.99. The molecule has 7 nitrogen and oxygen atoms in total. The first-order chi connectivity index (χ1) is 13.1. The summed E-state index contributed by atoms with van der Waals surface area (Å²) in [6, 6.07) is 7.45. The van der Waals surface area contributed by atoms with Crippen LogP contribution in [-0.2, 0) is 11.3 Å². The molecule has 3 rings (SSSR count). The number of nitrogens with zero attached hydrogens (tertiary/aromatic N) is 3. The molecular weight excluding hydrogens is 344 g/mol. The summed E-state index contributed by atoms with van der Waals surface area (Å²) in [5.41, 5.74) is 1.73. The summed E-state index contributed by atoms with van der Waals surface area (Å²) in [6.45, 7) is 5.58. The van der Waals surface area contributed by atoms with E-state index in [0.29, 0.717) is 25.2 Å². The predicted octanol–water partition coefficient (Wildman–Crippen LogP) is 1.76. The number of benzene rings is 1. The minimum atomic E-state index is -0.414. The number of piperazine rings is 1. The van der Waals surface area contributed by atoms with Crippen molar-refractivity contribution in [1.82, 2.24) is 20.1 Å². The summed E-state index contributed by atoms with van der Waals surface area (Å²) in [5.74, 6) is 2.64. The molecule has 2 heterocycles. The van der Waals surface area contributed by atoms with Crippen LogP contribution in [-0.4, -0.2) is 64.9 Å². The lowest BCUT2D eigenvalue weighted by atomic mass is 10.1. The van der Waals surface area contributed by atoms with Crippen molar-refractivity contribution in [2.45, 2.75) is 19.7 Å². The van der Waals surface area contributed by atoms with E-state index in [9.17, 15) is 9.90 Å². The van der Waals surface area contributed by atoms with Crippen LogP contribution in [0.25, 0.3) is 10.9 Å². The predicted molar refractivity (Wildman–Crippen MR) is 103 cm³/mol. The van der Waals surface area contributed by atoms with Gasteiger partial charge in [-0.3, -0.25) is 15.2 Å². The van der Waals surface area contributed by atoms with E-state index in [0.717, 1.165) is 30.6 Å². The Kier molecular flexibility index (Phi) is 6.12. The van der Waals surface area contributed by atoms with Gasteiger partial charge in [-0.05, 0) is 24.6 Å². The molecule has 142 valence electrons. The Hall–Kier alpha value is -2.82. The van der Waals surface area contributed by atoms with E-state index in [1.807, 2.05) is 18.2 Å². The highest BCUT2D eigenvalue weighted by Crippen LogP contribution is 2.26. The number of rotatable bonds is 5. The molecule has 0 saturated carbocycles. The molecule has 27 heavy (non-hydrogen) atoms. The second-order valence-corrected chi connectivity index (χ2v) is 6.52. The van der Waals surface area contributed by atoms with Crippen LogP contribution in [0.15, 0.2) is 30.5 Å². The molecule has 2 N–H and O–H groups in total. The fourth-order valence-electron chi connectivity index (χ4n) is 3.15. The van der Waals surface area contributed by atoms with Crippen LogP contribution in [0.3, 0.4) is 0 Å². The van der Waals surface area contributed by atoms with Crippen LogP contribution in [0, 0.1) is 12.3 Å². The average molecular weight is 368 g/mol. The summed E-state index contributed by atoms with van der Waals surface area (Å²) in [4.78, 5) is 20.5. The highest BCUT2D eigenvalue weighted by Gasteiger charge is 2.23. The molecule has 7 heteroatoms. The standard InChI is InChI=1S/C20H24N4O3/c1-3-8-21-15(2)27-20(26)24-12-10-23(11-13-24)14-16-6-7-18(25)19-17(16)5-4-9-22-19/h1,4-7,9,15,21,25H,8,10-14H2,2H3. The first kappa shape index (κ1) is 19.0. The van der Waals surface area contributed by atoms with Crippen LogP contribution < -0.4 is 5.32 Å². The van der Waals surface area contributed by atoms with Gasteiger partial charge in [0.05, 0.1) is 6.54 Å². The van der Waals surface area contributed by atoms with Crippen molar-refractivity contribution in [3.8, 4) is 18.1 Å². The Morgan fingerprint density at radius 2 is 2.15 bits per heavy atom. The number of ether oxygens (including phenoxy) is 1. The van der Waals surface area contributed by atoms with Crippen molar-refractivity contribution >= 4 is 17.0 Å². The van der Waals surface area contributed by atoms with Crippen LogP contribution in [0.4, 0.5) is 4.79 Å². The Labute approximate surface area is 158 Å². The number of hydrogen-bond acceptors (Lipinski definition) is 6. The van der Waals surface area contributed by atoms with E-state index >= 15 is 0 Å². The number of phenols is 1.